The summed E-state index contributed by atoms with van der Waals surface area (Å²) in [6.07, 6.45) is 1.39. The van der Waals surface area contributed by atoms with Gasteiger partial charge in [-0.1, -0.05) is 23.2 Å². The minimum Gasteiger partial charge on any atom is -0.383 e. The standard InChI is InChI=1S/C11H11Cl2N5O/c1-18-10(14)7(5-15-18)11(19)17-16-6-2-3-8(12)9(13)4-6/h2-5,16H,14H2,1H3,(H,17,19). The minimum absolute atomic E-state index is 0.286. The summed E-state index contributed by atoms with van der Waals surface area (Å²) in [4.78, 5) is 11.8. The van der Waals surface area contributed by atoms with Gasteiger partial charge >= 0.3 is 0 Å². The summed E-state index contributed by atoms with van der Waals surface area (Å²) in [5, 5.41) is 4.71. The molecule has 0 radical (unpaired) electrons. The number of hydrazine groups is 1. The predicted octanol–water partition coefficient (Wildman–Crippen LogP) is 2.07. The average molecular weight is 300 g/mol. The Kier molecular flexibility index (Phi) is 3.82. The van der Waals surface area contributed by atoms with Crippen LogP contribution in [0.5, 0.6) is 0 Å². The molecule has 19 heavy (non-hydrogen) atoms. The van der Waals surface area contributed by atoms with Crippen molar-refractivity contribution >= 4 is 40.6 Å². The number of nitrogens with two attached hydrogens (primary N) is 1. The van der Waals surface area contributed by atoms with E-state index in [9.17, 15) is 4.79 Å². The Morgan fingerprint density at radius 3 is 2.68 bits per heavy atom. The number of aryl methyl sites for hydroxylation is 1. The normalized spacial score (nSPS) is 10.3. The zero-order valence-electron chi connectivity index (χ0n) is 9.95. The van der Waals surface area contributed by atoms with E-state index in [2.05, 4.69) is 16.0 Å². The molecule has 0 aliphatic heterocycles. The van der Waals surface area contributed by atoms with Crippen molar-refractivity contribution in [3.8, 4) is 0 Å². The lowest BCUT2D eigenvalue weighted by Crippen LogP contribution is -2.29. The highest BCUT2D eigenvalue weighted by molar-refractivity contribution is 6.42. The first-order chi connectivity index (χ1) is 8.99. The van der Waals surface area contributed by atoms with Crippen LogP contribution in [0.3, 0.4) is 0 Å². The number of benzene rings is 1. The maximum atomic E-state index is 11.8. The topological polar surface area (TPSA) is 85.0 Å². The second-order valence-electron chi connectivity index (χ2n) is 3.78. The first-order valence-corrected chi connectivity index (χ1v) is 6.03. The van der Waals surface area contributed by atoms with Gasteiger partial charge in [0.25, 0.3) is 5.91 Å². The highest BCUT2D eigenvalue weighted by Crippen LogP contribution is 2.24. The van der Waals surface area contributed by atoms with Gasteiger partial charge in [-0.25, -0.2) is 0 Å². The summed E-state index contributed by atoms with van der Waals surface area (Å²) >= 11 is 11.6. The van der Waals surface area contributed by atoms with Crippen LogP contribution >= 0.6 is 23.2 Å². The molecule has 0 atom stereocenters. The zero-order chi connectivity index (χ0) is 14.0. The van der Waals surface area contributed by atoms with Gasteiger partial charge in [-0.05, 0) is 18.2 Å². The maximum absolute atomic E-state index is 11.8. The Labute approximate surface area is 119 Å². The fourth-order valence-corrected chi connectivity index (χ4v) is 1.69. The molecule has 0 spiro atoms. The van der Waals surface area contributed by atoms with Crippen molar-refractivity contribution in [1.82, 2.24) is 15.2 Å². The molecular weight excluding hydrogens is 289 g/mol. The lowest BCUT2D eigenvalue weighted by molar-refractivity contribution is 0.0963. The number of halogens is 2. The molecule has 0 unspecified atom stereocenters. The average Bonchev–Trinajstić information content (AvgIpc) is 2.71. The number of aromatic nitrogens is 2. The Balaban J connectivity index is 2.04. The molecule has 2 rings (SSSR count). The number of carbonyl (C=O) groups excluding carboxylic acids is 1. The molecule has 0 bridgehead atoms. The van der Waals surface area contributed by atoms with Crippen LogP contribution in [0.4, 0.5) is 11.5 Å². The van der Waals surface area contributed by atoms with Crippen molar-refractivity contribution in [2.24, 2.45) is 7.05 Å². The largest absolute Gasteiger partial charge is 0.383 e. The Bertz CT molecular complexity index is 626. The zero-order valence-corrected chi connectivity index (χ0v) is 11.5. The number of hydrogen-bond acceptors (Lipinski definition) is 4. The van der Waals surface area contributed by atoms with Crippen molar-refractivity contribution in [3.05, 3.63) is 40.0 Å². The summed E-state index contributed by atoms with van der Waals surface area (Å²) in [5.74, 6) is -0.106. The first-order valence-electron chi connectivity index (χ1n) is 5.28. The van der Waals surface area contributed by atoms with Crippen LogP contribution in [-0.2, 0) is 7.05 Å². The van der Waals surface area contributed by atoms with Gasteiger partial charge in [0.2, 0.25) is 0 Å². The van der Waals surface area contributed by atoms with Gasteiger partial charge in [0, 0.05) is 7.05 Å². The van der Waals surface area contributed by atoms with Gasteiger partial charge in [0.15, 0.2) is 0 Å². The number of anilines is 2. The van der Waals surface area contributed by atoms with E-state index in [4.69, 9.17) is 28.9 Å². The SMILES string of the molecule is Cn1ncc(C(=O)NNc2ccc(Cl)c(Cl)c2)c1N. The molecule has 0 aliphatic carbocycles. The highest BCUT2D eigenvalue weighted by Gasteiger charge is 2.13. The summed E-state index contributed by atoms with van der Waals surface area (Å²) < 4.78 is 1.41. The van der Waals surface area contributed by atoms with Crippen LogP contribution < -0.4 is 16.6 Å². The molecular formula is C11H11Cl2N5O. The smallest absolute Gasteiger partial charge is 0.274 e. The molecule has 0 saturated carbocycles. The number of hydrogen-bond donors (Lipinski definition) is 3. The molecule has 2 aromatic rings. The monoisotopic (exact) mass is 299 g/mol. The lowest BCUT2D eigenvalue weighted by Gasteiger charge is -2.08. The number of nitrogen functional groups attached to an aromatic ring is 1. The van der Waals surface area contributed by atoms with E-state index in [0.717, 1.165) is 0 Å². The van der Waals surface area contributed by atoms with E-state index >= 15 is 0 Å². The van der Waals surface area contributed by atoms with Gasteiger partial charge in [-0.15, -0.1) is 0 Å². The van der Waals surface area contributed by atoms with Crippen molar-refractivity contribution in [3.63, 3.8) is 0 Å². The molecule has 6 nitrogen and oxygen atoms in total. The van der Waals surface area contributed by atoms with Crippen molar-refractivity contribution in [2.45, 2.75) is 0 Å². The van der Waals surface area contributed by atoms with E-state index in [1.807, 2.05) is 0 Å². The van der Waals surface area contributed by atoms with E-state index in [-0.39, 0.29) is 11.4 Å². The summed E-state index contributed by atoms with van der Waals surface area (Å²) in [7, 11) is 1.65. The lowest BCUT2D eigenvalue weighted by atomic mass is 10.3. The van der Waals surface area contributed by atoms with Gasteiger partial charge in [0.05, 0.1) is 21.9 Å². The molecule has 100 valence electrons. The maximum Gasteiger partial charge on any atom is 0.274 e. The first kappa shape index (κ1) is 13.5. The molecule has 8 heteroatoms. The van der Waals surface area contributed by atoms with Gasteiger partial charge in [-0.3, -0.25) is 20.3 Å². The molecule has 0 fully saturated rings. The summed E-state index contributed by atoms with van der Waals surface area (Å²) in [6.45, 7) is 0. The second-order valence-corrected chi connectivity index (χ2v) is 4.59. The Morgan fingerprint density at radius 2 is 2.11 bits per heavy atom. The number of nitrogens with one attached hydrogen (secondary N) is 2. The third-order valence-corrected chi connectivity index (χ3v) is 3.21. The number of carbonyl (C=O) groups is 1. The Hall–Kier alpha value is -1.92. The molecule has 1 heterocycles. The van der Waals surface area contributed by atoms with Crippen LogP contribution in [-0.4, -0.2) is 15.7 Å². The van der Waals surface area contributed by atoms with Crippen LogP contribution in [0.1, 0.15) is 10.4 Å². The van der Waals surface area contributed by atoms with E-state index < -0.39 is 5.91 Å². The second kappa shape index (κ2) is 5.38. The van der Waals surface area contributed by atoms with Gasteiger partial charge in [-0.2, -0.15) is 5.10 Å². The number of nitrogens with zero attached hydrogens (tertiary/aromatic N) is 2. The third-order valence-electron chi connectivity index (χ3n) is 2.47. The number of amides is 1. The van der Waals surface area contributed by atoms with Crippen molar-refractivity contribution in [1.29, 1.82) is 0 Å². The summed E-state index contributed by atoms with van der Waals surface area (Å²) in [5.41, 5.74) is 11.8. The quantitative estimate of drug-likeness (QED) is 0.758. The highest BCUT2D eigenvalue weighted by atomic mass is 35.5. The number of rotatable bonds is 3. The molecule has 1 aromatic heterocycles. The molecule has 1 amide bonds. The molecule has 1 aromatic carbocycles. The fourth-order valence-electron chi connectivity index (χ4n) is 1.39. The molecule has 0 aliphatic rings. The predicted molar refractivity (Wildman–Crippen MR) is 75.2 cm³/mol. The third kappa shape index (κ3) is 2.91. The molecule has 4 N–H and O–H groups in total. The van der Waals surface area contributed by atoms with E-state index in [1.165, 1.54) is 10.9 Å². The van der Waals surface area contributed by atoms with Crippen molar-refractivity contribution < 1.29 is 4.79 Å². The molecule has 0 saturated heterocycles. The fraction of sp³-hybridized carbons (Fsp3) is 0.0909. The summed E-state index contributed by atoms with van der Waals surface area (Å²) in [6, 6.07) is 4.90. The van der Waals surface area contributed by atoms with E-state index in [1.54, 1.807) is 25.2 Å². The van der Waals surface area contributed by atoms with Crippen LogP contribution in [0.25, 0.3) is 0 Å². The Morgan fingerprint density at radius 1 is 1.37 bits per heavy atom. The minimum atomic E-state index is -0.392. The van der Waals surface area contributed by atoms with Crippen LogP contribution in [0.2, 0.25) is 10.0 Å². The van der Waals surface area contributed by atoms with Crippen LogP contribution in [0.15, 0.2) is 24.4 Å². The van der Waals surface area contributed by atoms with Crippen LogP contribution in [0, 0.1) is 0 Å². The van der Waals surface area contributed by atoms with Gasteiger partial charge < -0.3 is 5.73 Å². The van der Waals surface area contributed by atoms with Gasteiger partial charge in [0.1, 0.15) is 11.4 Å². The van der Waals surface area contributed by atoms with Crippen molar-refractivity contribution in [2.75, 3.05) is 11.2 Å². The van der Waals surface area contributed by atoms with E-state index in [0.29, 0.717) is 15.7 Å².